The summed E-state index contributed by atoms with van der Waals surface area (Å²) in [6.07, 6.45) is 3.65. The molecule has 0 aliphatic heterocycles. The van der Waals surface area contributed by atoms with Crippen LogP contribution in [0, 0.1) is 0 Å². The Labute approximate surface area is 206 Å². The van der Waals surface area contributed by atoms with Crippen LogP contribution >= 0.6 is 24.0 Å². The Balaban J connectivity index is 0.00000363. The highest BCUT2D eigenvalue weighted by Crippen LogP contribution is 2.16. The molecule has 0 aliphatic carbocycles. The summed E-state index contributed by atoms with van der Waals surface area (Å²) >= 11 is 0. The number of aromatic nitrogens is 3. The minimum Gasteiger partial charge on any atom is -0.475 e. The lowest BCUT2D eigenvalue weighted by atomic mass is 10.2. The van der Waals surface area contributed by atoms with Gasteiger partial charge in [0.1, 0.15) is 12.4 Å². The maximum Gasteiger partial charge on any atom is 0.213 e. The zero-order valence-corrected chi connectivity index (χ0v) is 21.1. The number of methoxy groups -OCH3 is 1. The van der Waals surface area contributed by atoms with Gasteiger partial charge in [-0.2, -0.15) is 0 Å². The molecule has 0 saturated carbocycles. The number of imidazole rings is 1. The molecule has 0 unspecified atom stereocenters. The van der Waals surface area contributed by atoms with E-state index in [2.05, 4.69) is 39.3 Å². The third-order valence-electron chi connectivity index (χ3n) is 4.54. The van der Waals surface area contributed by atoms with Gasteiger partial charge in [-0.25, -0.2) is 15.0 Å². The van der Waals surface area contributed by atoms with E-state index in [0.29, 0.717) is 32.2 Å². The molecule has 3 rings (SSSR count). The van der Waals surface area contributed by atoms with Crippen molar-refractivity contribution in [2.45, 2.75) is 20.0 Å². The monoisotopic (exact) mass is 550 g/mol. The zero-order valence-electron chi connectivity index (χ0n) is 18.7. The number of aromatic amines is 1. The molecule has 0 fully saturated rings. The first-order chi connectivity index (χ1) is 15.2. The highest BCUT2D eigenvalue weighted by molar-refractivity contribution is 14.0. The van der Waals surface area contributed by atoms with Crippen molar-refractivity contribution >= 4 is 29.9 Å². The van der Waals surface area contributed by atoms with Gasteiger partial charge in [0.05, 0.1) is 31.6 Å². The van der Waals surface area contributed by atoms with Crippen molar-refractivity contribution in [1.82, 2.24) is 25.2 Å². The van der Waals surface area contributed by atoms with Crippen LogP contribution in [0.5, 0.6) is 5.88 Å². The Bertz CT molecular complexity index is 947. The van der Waals surface area contributed by atoms with Crippen LogP contribution in [-0.2, 0) is 17.8 Å². The number of pyridine rings is 1. The number of rotatable bonds is 10. The second-order valence-corrected chi connectivity index (χ2v) is 6.98. The molecule has 172 valence electrons. The number of nitrogens with zero attached hydrogens (tertiary/aromatic N) is 4. The molecule has 2 aromatic heterocycles. The summed E-state index contributed by atoms with van der Waals surface area (Å²) in [5.41, 5.74) is 3.13. The summed E-state index contributed by atoms with van der Waals surface area (Å²) in [5.74, 6) is 2.27. The second kappa shape index (κ2) is 13.7. The number of hydrogen-bond acceptors (Lipinski definition) is 5. The average Bonchev–Trinajstić information content (AvgIpc) is 3.26. The molecular formula is C23H31IN6O2. The summed E-state index contributed by atoms with van der Waals surface area (Å²) < 4.78 is 10.5. The first kappa shape index (κ1) is 25.6. The van der Waals surface area contributed by atoms with Gasteiger partial charge in [0, 0.05) is 33.0 Å². The minimum atomic E-state index is 0. The van der Waals surface area contributed by atoms with Crippen molar-refractivity contribution in [3.63, 3.8) is 0 Å². The molecular weight excluding hydrogens is 519 g/mol. The van der Waals surface area contributed by atoms with E-state index in [-0.39, 0.29) is 24.0 Å². The molecule has 1 aromatic carbocycles. The topological polar surface area (TPSA) is 87.7 Å². The molecule has 9 heteroatoms. The van der Waals surface area contributed by atoms with Crippen LogP contribution < -0.4 is 10.1 Å². The van der Waals surface area contributed by atoms with Crippen molar-refractivity contribution < 1.29 is 9.47 Å². The lowest BCUT2D eigenvalue weighted by Gasteiger charge is -2.21. The number of H-pyrrole nitrogens is 1. The maximum absolute atomic E-state index is 5.50. The Morgan fingerprint density at radius 3 is 2.59 bits per heavy atom. The molecule has 32 heavy (non-hydrogen) atoms. The predicted octanol–water partition coefficient (Wildman–Crippen LogP) is 3.71. The molecule has 8 nitrogen and oxygen atoms in total. The van der Waals surface area contributed by atoms with E-state index in [9.17, 15) is 0 Å². The van der Waals surface area contributed by atoms with Crippen molar-refractivity contribution in [3.8, 4) is 17.1 Å². The van der Waals surface area contributed by atoms with Crippen LogP contribution in [0.25, 0.3) is 11.3 Å². The third kappa shape index (κ3) is 7.79. The summed E-state index contributed by atoms with van der Waals surface area (Å²) in [6, 6.07) is 14.0. The van der Waals surface area contributed by atoms with E-state index < -0.39 is 0 Å². The second-order valence-electron chi connectivity index (χ2n) is 6.98. The summed E-state index contributed by atoms with van der Waals surface area (Å²) in [6.45, 7) is 4.98. The van der Waals surface area contributed by atoms with E-state index in [1.807, 2.05) is 48.5 Å². The number of halogens is 1. The fourth-order valence-electron chi connectivity index (χ4n) is 2.96. The van der Waals surface area contributed by atoms with Crippen molar-refractivity contribution in [2.75, 3.05) is 33.9 Å². The first-order valence-corrected chi connectivity index (χ1v) is 10.3. The van der Waals surface area contributed by atoms with Gasteiger partial charge < -0.3 is 24.7 Å². The number of aliphatic imine (C=N–C) groups is 1. The molecule has 0 amide bonds. The molecule has 0 spiro atoms. The van der Waals surface area contributed by atoms with Crippen molar-refractivity contribution in [3.05, 3.63) is 66.2 Å². The summed E-state index contributed by atoms with van der Waals surface area (Å²) in [5, 5.41) is 3.33. The smallest absolute Gasteiger partial charge is 0.213 e. The van der Waals surface area contributed by atoms with Crippen LogP contribution in [0.2, 0.25) is 0 Å². The Hall–Kier alpha value is -2.66. The number of hydrogen-bond donors (Lipinski definition) is 2. The lowest BCUT2D eigenvalue weighted by Crippen LogP contribution is -2.38. The molecule has 0 aliphatic rings. The minimum absolute atomic E-state index is 0. The Kier molecular flexibility index (Phi) is 10.9. The Morgan fingerprint density at radius 1 is 1.09 bits per heavy atom. The number of guanidine groups is 1. The van der Waals surface area contributed by atoms with Gasteiger partial charge in [-0.3, -0.25) is 0 Å². The normalized spacial score (nSPS) is 11.0. The SMILES string of the molecule is CCNC(=NCc1ccc(OCCOC)nc1)N(C)Cc1ncc(-c2ccccc2)[nH]1.I. The highest BCUT2D eigenvalue weighted by Gasteiger charge is 2.10. The molecule has 0 bridgehead atoms. The quantitative estimate of drug-likeness (QED) is 0.173. The van der Waals surface area contributed by atoms with E-state index in [1.54, 1.807) is 13.3 Å². The molecule has 0 atom stereocenters. The summed E-state index contributed by atoms with van der Waals surface area (Å²) in [7, 11) is 3.64. The van der Waals surface area contributed by atoms with Gasteiger partial charge in [-0.05, 0) is 18.1 Å². The average molecular weight is 550 g/mol. The molecule has 3 aromatic rings. The van der Waals surface area contributed by atoms with Gasteiger partial charge in [0.15, 0.2) is 5.96 Å². The molecule has 0 radical (unpaired) electrons. The van der Waals surface area contributed by atoms with E-state index in [0.717, 1.165) is 35.1 Å². The number of nitrogens with one attached hydrogen (secondary N) is 2. The van der Waals surface area contributed by atoms with Crippen LogP contribution in [0.15, 0.2) is 59.9 Å². The Morgan fingerprint density at radius 2 is 1.91 bits per heavy atom. The van der Waals surface area contributed by atoms with Gasteiger partial charge in [0.2, 0.25) is 5.88 Å². The maximum atomic E-state index is 5.50. The molecule has 0 saturated heterocycles. The van der Waals surface area contributed by atoms with Crippen LogP contribution in [0.1, 0.15) is 18.3 Å². The number of benzene rings is 1. The summed E-state index contributed by atoms with van der Waals surface area (Å²) in [4.78, 5) is 19.0. The van der Waals surface area contributed by atoms with Gasteiger partial charge >= 0.3 is 0 Å². The van der Waals surface area contributed by atoms with Crippen molar-refractivity contribution in [2.24, 2.45) is 4.99 Å². The van der Waals surface area contributed by atoms with Crippen LogP contribution in [0.4, 0.5) is 0 Å². The predicted molar refractivity (Wildman–Crippen MR) is 137 cm³/mol. The van der Waals surface area contributed by atoms with E-state index in [1.165, 1.54) is 0 Å². The zero-order chi connectivity index (χ0) is 21.9. The van der Waals surface area contributed by atoms with Crippen LogP contribution in [-0.4, -0.2) is 59.7 Å². The van der Waals surface area contributed by atoms with Gasteiger partial charge in [-0.1, -0.05) is 36.4 Å². The molecule has 2 N–H and O–H groups in total. The lowest BCUT2D eigenvalue weighted by molar-refractivity contribution is 0.143. The van der Waals surface area contributed by atoms with Gasteiger partial charge in [-0.15, -0.1) is 24.0 Å². The van der Waals surface area contributed by atoms with E-state index >= 15 is 0 Å². The third-order valence-corrected chi connectivity index (χ3v) is 4.54. The van der Waals surface area contributed by atoms with Gasteiger partial charge in [0.25, 0.3) is 0 Å². The fourth-order valence-corrected chi connectivity index (χ4v) is 2.96. The van der Waals surface area contributed by atoms with Crippen LogP contribution in [0.3, 0.4) is 0 Å². The molecule has 2 heterocycles. The fraction of sp³-hybridized carbons (Fsp3) is 0.348. The number of ether oxygens (including phenoxy) is 2. The van der Waals surface area contributed by atoms with Crippen molar-refractivity contribution in [1.29, 1.82) is 0 Å². The highest BCUT2D eigenvalue weighted by atomic mass is 127. The standard InChI is InChI=1S/C23H30N6O2.HI/c1-4-24-23(27-15-18-10-11-22(26-14-18)31-13-12-30-3)29(2)17-21-25-16-20(28-21)19-8-6-5-7-9-19;/h5-11,14,16H,4,12-13,15,17H2,1-3H3,(H,24,27)(H,25,28);1H. The van der Waals surface area contributed by atoms with E-state index in [4.69, 9.17) is 14.5 Å². The first-order valence-electron chi connectivity index (χ1n) is 10.3. The largest absolute Gasteiger partial charge is 0.475 e.